The van der Waals surface area contributed by atoms with Crippen molar-refractivity contribution in [3.8, 4) is 6.07 Å². The van der Waals surface area contributed by atoms with Gasteiger partial charge in [-0.1, -0.05) is 46.3 Å². The minimum absolute atomic E-state index is 0.00609. The largest absolute Gasteiger partial charge is 0.430 e. The quantitative estimate of drug-likeness (QED) is 0.317. The summed E-state index contributed by atoms with van der Waals surface area (Å²) in [5, 5.41) is 26.5. The second-order valence-electron chi connectivity index (χ2n) is 13.9. The van der Waals surface area contributed by atoms with Gasteiger partial charge in [-0.15, -0.1) is 0 Å². The number of nitriles is 1. The number of rotatable bonds is 1. The van der Waals surface area contributed by atoms with Crippen molar-refractivity contribution < 1.29 is 14.3 Å². The average Bonchev–Trinajstić information content (AvgIpc) is 2.81. The van der Waals surface area contributed by atoms with Crippen LogP contribution in [-0.2, 0) is 14.3 Å². The first kappa shape index (κ1) is 26.1. The molecule has 8 atom stereocenters. The summed E-state index contributed by atoms with van der Waals surface area (Å²) in [6, 6.07) is 2.14. The molecule has 3 fully saturated rings. The number of Topliss-reactive ketones (excluding diaryl/α,β-unsaturated/α-hetero) is 1. The Morgan fingerprint density at radius 2 is 1.70 bits per heavy atom. The fourth-order valence-corrected chi connectivity index (χ4v) is 9.54. The van der Waals surface area contributed by atoms with Gasteiger partial charge in [0.1, 0.15) is 6.07 Å². The lowest BCUT2D eigenvalue weighted by atomic mass is 9.39. The number of hydrogen-bond acceptors (Lipinski definition) is 6. The van der Waals surface area contributed by atoms with Gasteiger partial charge in [0.15, 0.2) is 23.4 Å². The van der Waals surface area contributed by atoms with Crippen LogP contribution in [0.25, 0.3) is 0 Å². The van der Waals surface area contributed by atoms with Crippen LogP contribution < -0.4 is 0 Å². The van der Waals surface area contributed by atoms with Crippen LogP contribution in [0.1, 0.15) is 86.5 Å². The molecule has 6 heteroatoms. The maximum atomic E-state index is 14.2. The molecule has 37 heavy (non-hydrogen) atoms. The molecule has 0 amide bonds. The Morgan fingerprint density at radius 1 is 1.03 bits per heavy atom. The predicted octanol–water partition coefficient (Wildman–Crippen LogP) is 6.42. The number of nitrogens with zero attached hydrogens (tertiary/aromatic N) is 1. The first-order chi connectivity index (χ1) is 17.2. The lowest BCUT2D eigenvalue weighted by molar-refractivity contribution is -0.140. The van der Waals surface area contributed by atoms with Crippen molar-refractivity contribution in [3.05, 3.63) is 23.3 Å². The molecule has 0 aromatic heterocycles. The van der Waals surface area contributed by atoms with Gasteiger partial charge in [0.25, 0.3) is 0 Å². The van der Waals surface area contributed by atoms with E-state index in [1.807, 2.05) is 19.1 Å². The summed E-state index contributed by atoms with van der Waals surface area (Å²) in [6.07, 6.45) is 9.90. The summed E-state index contributed by atoms with van der Waals surface area (Å²) in [4.78, 5) is 27.1. The van der Waals surface area contributed by atoms with Crippen LogP contribution in [0.2, 0.25) is 0 Å². The van der Waals surface area contributed by atoms with Crippen LogP contribution in [0.5, 0.6) is 0 Å². The van der Waals surface area contributed by atoms with Crippen molar-refractivity contribution in [2.45, 2.75) is 86.5 Å². The highest BCUT2D eigenvalue weighted by Crippen LogP contribution is 2.69. The first-order valence-corrected chi connectivity index (χ1v) is 14.0. The first-order valence-electron chi connectivity index (χ1n) is 14.0. The predicted molar refractivity (Wildman–Crippen MR) is 142 cm³/mol. The molecule has 0 spiro atoms. The summed E-state index contributed by atoms with van der Waals surface area (Å²) < 4.78 is 5.67. The summed E-state index contributed by atoms with van der Waals surface area (Å²) in [5.41, 5.74) is 0.231. The highest BCUT2D eigenvalue weighted by atomic mass is 16.5. The van der Waals surface area contributed by atoms with Crippen LogP contribution in [0.15, 0.2) is 23.3 Å². The Hall–Kier alpha value is -2.55. The third kappa shape index (κ3) is 3.56. The molecule has 0 saturated heterocycles. The molecule has 2 N–H and O–H groups in total. The molecule has 6 nitrogen and oxygen atoms in total. The van der Waals surface area contributed by atoms with E-state index in [1.165, 1.54) is 0 Å². The minimum atomic E-state index is -0.503. The van der Waals surface area contributed by atoms with Gasteiger partial charge in [-0.2, -0.15) is 5.26 Å². The second kappa shape index (κ2) is 8.22. The van der Waals surface area contributed by atoms with Crippen molar-refractivity contribution in [2.75, 3.05) is 0 Å². The second-order valence-corrected chi connectivity index (χ2v) is 13.9. The molecule has 3 saturated carbocycles. The zero-order chi connectivity index (χ0) is 27.1. The standard InChI is InChI=1S/C31H41N3O3/c1-17-20-7-9-29(5)21-8-10-31(27(34)37-18(2)33)12-11-28(3,4)15-22(31)25(21)23(35)13-24(29)30(20,6)14-19(16-32)26(17)36/h13-14,17,20-22,25,33-34H,7-12,15H2,1-6H3/t17-,20?,21?,22?,25?,29?,30?,31?/m0/s1. The number of hydrogen-bond donors (Lipinski definition) is 2. The van der Waals surface area contributed by atoms with E-state index in [1.54, 1.807) is 6.92 Å². The van der Waals surface area contributed by atoms with Crippen molar-refractivity contribution in [2.24, 2.45) is 51.2 Å². The fourth-order valence-electron chi connectivity index (χ4n) is 9.54. The molecule has 198 valence electrons. The SMILES string of the molecule is CC(=N)OC(=N)C12CCC3C(C(=O)C=C4C5(C)C=C(C#N)C(=O)[C@@H](C)C5CCC43C)C1CC(C)(C)CC2. The van der Waals surface area contributed by atoms with Gasteiger partial charge in [-0.25, -0.2) is 0 Å². The van der Waals surface area contributed by atoms with Gasteiger partial charge in [-0.05, 0) is 79.6 Å². The molecule has 0 heterocycles. The Morgan fingerprint density at radius 3 is 2.35 bits per heavy atom. The van der Waals surface area contributed by atoms with Crippen molar-refractivity contribution in [1.82, 2.24) is 0 Å². The van der Waals surface area contributed by atoms with E-state index in [0.717, 1.165) is 50.5 Å². The molecule has 5 aliphatic carbocycles. The third-order valence-corrected chi connectivity index (χ3v) is 11.4. The Labute approximate surface area is 220 Å². The van der Waals surface area contributed by atoms with Crippen LogP contribution in [0.4, 0.5) is 0 Å². The number of nitrogens with one attached hydrogen (secondary N) is 2. The van der Waals surface area contributed by atoms with E-state index in [9.17, 15) is 14.9 Å². The lowest BCUT2D eigenvalue weighted by Crippen LogP contribution is -2.61. The number of ketones is 2. The number of carbonyl (C=O) groups excluding carboxylic acids is 2. The molecule has 5 aliphatic rings. The van der Waals surface area contributed by atoms with Crippen LogP contribution >= 0.6 is 0 Å². The van der Waals surface area contributed by atoms with Gasteiger partial charge < -0.3 is 4.74 Å². The van der Waals surface area contributed by atoms with E-state index < -0.39 is 10.8 Å². The zero-order valence-electron chi connectivity index (χ0n) is 23.2. The average molecular weight is 504 g/mol. The van der Waals surface area contributed by atoms with Gasteiger partial charge >= 0.3 is 0 Å². The molecule has 5 rings (SSSR count). The minimum Gasteiger partial charge on any atom is -0.430 e. The van der Waals surface area contributed by atoms with Crippen LogP contribution in [0.3, 0.4) is 0 Å². The molecule has 0 radical (unpaired) electrons. The number of ether oxygens (including phenoxy) is 1. The normalized spacial score (nSPS) is 44.1. The van der Waals surface area contributed by atoms with E-state index >= 15 is 0 Å². The van der Waals surface area contributed by atoms with Crippen molar-refractivity contribution in [1.29, 1.82) is 16.1 Å². The van der Waals surface area contributed by atoms with Crippen LogP contribution in [0, 0.1) is 73.4 Å². The summed E-state index contributed by atoms with van der Waals surface area (Å²) in [6.45, 7) is 12.5. The number of fused-ring (bicyclic) bond motifs is 7. The van der Waals surface area contributed by atoms with Crippen molar-refractivity contribution in [3.63, 3.8) is 0 Å². The van der Waals surface area contributed by atoms with Gasteiger partial charge in [-0.3, -0.25) is 20.4 Å². The molecular weight excluding hydrogens is 462 g/mol. The smallest absolute Gasteiger partial charge is 0.195 e. The Balaban J connectivity index is 1.63. The highest BCUT2D eigenvalue weighted by Gasteiger charge is 2.65. The lowest BCUT2D eigenvalue weighted by Gasteiger charge is -2.64. The van der Waals surface area contributed by atoms with Gasteiger partial charge in [0.05, 0.1) is 5.57 Å². The molecular formula is C31H41N3O3. The Bertz CT molecular complexity index is 1200. The Kier molecular flexibility index (Phi) is 5.79. The highest BCUT2D eigenvalue weighted by molar-refractivity contribution is 6.02. The molecule has 0 bridgehead atoms. The van der Waals surface area contributed by atoms with E-state index in [4.69, 9.17) is 15.6 Å². The maximum absolute atomic E-state index is 14.2. The van der Waals surface area contributed by atoms with Crippen LogP contribution in [-0.4, -0.2) is 23.4 Å². The fraction of sp³-hybridized carbons (Fsp3) is 0.710. The van der Waals surface area contributed by atoms with Gasteiger partial charge in [0.2, 0.25) is 0 Å². The number of carbonyl (C=O) groups is 2. The van der Waals surface area contributed by atoms with Crippen molar-refractivity contribution >= 4 is 23.4 Å². The summed E-state index contributed by atoms with van der Waals surface area (Å²) in [5.74, 6) is 0.113. The maximum Gasteiger partial charge on any atom is 0.195 e. The third-order valence-electron chi connectivity index (χ3n) is 11.4. The van der Waals surface area contributed by atoms with E-state index in [0.29, 0.717) is 0 Å². The molecule has 7 unspecified atom stereocenters. The van der Waals surface area contributed by atoms with Gasteiger partial charge in [0, 0.05) is 29.6 Å². The summed E-state index contributed by atoms with van der Waals surface area (Å²) >= 11 is 0. The molecule has 0 aromatic rings. The molecule has 0 aromatic carbocycles. The zero-order valence-corrected chi connectivity index (χ0v) is 23.2. The number of allylic oxidation sites excluding steroid dienone is 4. The van der Waals surface area contributed by atoms with E-state index in [2.05, 4.69) is 33.8 Å². The molecule has 0 aliphatic heterocycles. The topological polar surface area (TPSA) is 115 Å². The summed E-state index contributed by atoms with van der Waals surface area (Å²) in [7, 11) is 0. The van der Waals surface area contributed by atoms with E-state index in [-0.39, 0.29) is 69.4 Å². The monoisotopic (exact) mass is 503 g/mol.